The monoisotopic (exact) mass is 418 g/mol. The Morgan fingerprint density at radius 2 is 2.18 bits per heavy atom. The average Bonchev–Trinajstić information content (AvgIpc) is 3.02. The van der Waals surface area contributed by atoms with Crippen molar-refractivity contribution in [3.63, 3.8) is 0 Å². The molecule has 3 heterocycles. The minimum atomic E-state index is -0.520. The van der Waals surface area contributed by atoms with E-state index < -0.39 is 5.82 Å². The van der Waals surface area contributed by atoms with Gasteiger partial charge in [-0.1, -0.05) is 11.6 Å². The summed E-state index contributed by atoms with van der Waals surface area (Å²) in [6.07, 6.45) is 5.06. The van der Waals surface area contributed by atoms with E-state index in [0.29, 0.717) is 16.6 Å². The minimum absolute atomic E-state index is 0.0295. The molecule has 1 amide bonds. The molecular weight excluding hydrogens is 399 g/mol. The Morgan fingerprint density at radius 3 is 2.93 bits per heavy atom. The lowest BCUT2D eigenvalue weighted by Crippen LogP contribution is -2.38. The first-order valence-electron chi connectivity index (χ1n) is 9.23. The third-order valence-corrected chi connectivity index (χ3v) is 6.65. The highest BCUT2D eigenvalue weighted by Gasteiger charge is 2.25. The second kappa shape index (κ2) is 7.64. The summed E-state index contributed by atoms with van der Waals surface area (Å²) in [4.78, 5) is 25.5. The van der Waals surface area contributed by atoms with Crippen molar-refractivity contribution in [2.24, 2.45) is 0 Å². The van der Waals surface area contributed by atoms with Crippen LogP contribution in [0, 0.1) is 12.7 Å². The summed E-state index contributed by atoms with van der Waals surface area (Å²) in [6, 6.07) is 4.53. The molecule has 2 aromatic heterocycles. The van der Waals surface area contributed by atoms with Gasteiger partial charge in [-0.3, -0.25) is 4.79 Å². The van der Waals surface area contributed by atoms with Crippen LogP contribution in [0.1, 0.15) is 41.4 Å². The van der Waals surface area contributed by atoms with Crippen LogP contribution in [0.5, 0.6) is 0 Å². The number of nitrogens with zero attached hydrogens (tertiary/aromatic N) is 3. The van der Waals surface area contributed by atoms with Crippen molar-refractivity contribution in [1.29, 1.82) is 0 Å². The van der Waals surface area contributed by atoms with Gasteiger partial charge in [0.15, 0.2) is 0 Å². The number of anilines is 2. The van der Waals surface area contributed by atoms with Crippen LogP contribution in [0.4, 0.5) is 15.9 Å². The predicted molar refractivity (Wildman–Crippen MR) is 112 cm³/mol. The largest absolute Gasteiger partial charge is 0.353 e. The van der Waals surface area contributed by atoms with Gasteiger partial charge in [0.2, 0.25) is 0 Å². The van der Waals surface area contributed by atoms with E-state index in [4.69, 9.17) is 11.6 Å². The van der Waals surface area contributed by atoms with Crippen molar-refractivity contribution in [2.75, 3.05) is 16.8 Å². The van der Waals surface area contributed by atoms with E-state index in [1.807, 2.05) is 6.92 Å². The third-order valence-electron chi connectivity index (χ3n) is 5.17. The van der Waals surface area contributed by atoms with Crippen molar-refractivity contribution in [3.05, 3.63) is 45.8 Å². The maximum Gasteiger partial charge on any atom is 0.266 e. The molecular formula is C20H20ClFN4OS. The van der Waals surface area contributed by atoms with Crippen molar-refractivity contribution < 1.29 is 9.18 Å². The van der Waals surface area contributed by atoms with Gasteiger partial charge in [0.1, 0.15) is 22.8 Å². The van der Waals surface area contributed by atoms with Crippen molar-refractivity contribution in [2.45, 2.75) is 39.2 Å². The number of aryl methyl sites for hydroxylation is 1. The zero-order chi connectivity index (χ0) is 19.8. The number of amides is 1. The first kappa shape index (κ1) is 19.1. The second-order valence-electron chi connectivity index (χ2n) is 7.05. The number of piperidine rings is 1. The maximum atomic E-state index is 13.4. The number of carbonyl (C=O) groups is 1. The fourth-order valence-electron chi connectivity index (χ4n) is 3.66. The molecule has 0 bridgehead atoms. The highest BCUT2D eigenvalue weighted by molar-refractivity contribution is 7.20. The number of carbonyl (C=O) groups excluding carboxylic acids is 1. The van der Waals surface area contributed by atoms with Gasteiger partial charge in [-0.25, -0.2) is 14.4 Å². The Labute approximate surface area is 171 Å². The van der Waals surface area contributed by atoms with Gasteiger partial charge in [0.05, 0.1) is 15.3 Å². The standard InChI is InChI=1S/C20H20ClFN4OS/c1-11-5-3-4-8-26(11)18-16-12(2)17(28-20(16)24-10-23-18)19(27)25-13-6-7-15(22)14(21)9-13/h6-7,9-11H,3-5,8H2,1-2H3,(H,25,27). The fourth-order valence-corrected chi connectivity index (χ4v) is 4.88. The summed E-state index contributed by atoms with van der Waals surface area (Å²) in [5, 5.41) is 3.70. The van der Waals surface area contributed by atoms with Crippen molar-refractivity contribution in [1.82, 2.24) is 9.97 Å². The normalized spacial score (nSPS) is 17.1. The lowest BCUT2D eigenvalue weighted by molar-refractivity contribution is 0.103. The highest BCUT2D eigenvalue weighted by atomic mass is 35.5. The molecule has 1 unspecified atom stereocenters. The highest BCUT2D eigenvalue weighted by Crippen LogP contribution is 2.37. The van der Waals surface area contributed by atoms with Crippen LogP contribution in [0.2, 0.25) is 5.02 Å². The molecule has 1 aliphatic heterocycles. The predicted octanol–water partition coefficient (Wildman–Crippen LogP) is 5.42. The topological polar surface area (TPSA) is 58.1 Å². The molecule has 1 saturated heterocycles. The molecule has 5 nitrogen and oxygen atoms in total. The number of benzene rings is 1. The molecule has 0 spiro atoms. The zero-order valence-corrected chi connectivity index (χ0v) is 17.2. The van der Waals surface area contributed by atoms with Crippen LogP contribution < -0.4 is 10.2 Å². The van der Waals surface area contributed by atoms with Gasteiger partial charge in [-0.05, 0) is 56.9 Å². The van der Waals surface area contributed by atoms with Gasteiger partial charge in [0, 0.05) is 18.3 Å². The number of hydrogen-bond acceptors (Lipinski definition) is 5. The SMILES string of the molecule is Cc1c(C(=O)Nc2ccc(F)c(Cl)c2)sc2ncnc(N3CCCCC3C)c12. The average molecular weight is 419 g/mol. The van der Waals surface area contributed by atoms with Gasteiger partial charge in [-0.15, -0.1) is 11.3 Å². The summed E-state index contributed by atoms with van der Waals surface area (Å²) in [6.45, 7) is 5.09. The van der Waals surface area contributed by atoms with E-state index >= 15 is 0 Å². The quantitative estimate of drug-likeness (QED) is 0.616. The Hall–Kier alpha value is -2.25. The molecule has 28 heavy (non-hydrogen) atoms. The van der Waals surface area contributed by atoms with Gasteiger partial charge in [0.25, 0.3) is 5.91 Å². The van der Waals surface area contributed by atoms with Gasteiger partial charge in [-0.2, -0.15) is 0 Å². The number of fused-ring (bicyclic) bond motifs is 1. The molecule has 1 atom stereocenters. The number of aromatic nitrogens is 2. The summed E-state index contributed by atoms with van der Waals surface area (Å²) in [5.74, 6) is 0.115. The van der Waals surface area contributed by atoms with E-state index in [0.717, 1.165) is 41.0 Å². The number of halogens is 2. The first-order chi connectivity index (χ1) is 13.5. The third kappa shape index (κ3) is 3.44. The smallest absolute Gasteiger partial charge is 0.266 e. The second-order valence-corrected chi connectivity index (χ2v) is 8.46. The lowest BCUT2D eigenvalue weighted by Gasteiger charge is -2.34. The number of hydrogen-bond donors (Lipinski definition) is 1. The number of thiophene rings is 1. The molecule has 3 aromatic rings. The van der Waals surface area contributed by atoms with E-state index in [-0.39, 0.29) is 10.9 Å². The molecule has 1 fully saturated rings. The number of nitrogens with one attached hydrogen (secondary N) is 1. The Balaban J connectivity index is 1.70. The Bertz CT molecular complexity index is 1050. The van der Waals surface area contributed by atoms with E-state index in [1.165, 1.54) is 36.0 Å². The van der Waals surface area contributed by atoms with Crippen LogP contribution in [0.25, 0.3) is 10.2 Å². The molecule has 4 rings (SSSR count). The Kier molecular flexibility index (Phi) is 5.21. The van der Waals surface area contributed by atoms with E-state index in [2.05, 4.69) is 27.1 Å². The molecule has 0 radical (unpaired) electrons. The molecule has 146 valence electrons. The molecule has 1 N–H and O–H groups in total. The summed E-state index contributed by atoms with van der Waals surface area (Å²) >= 11 is 7.15. The van der Waals surface area contributed by atoms with Crippen LogP contribution in [-0.2, 0) is 0 Å². The van der Waals surface area contributed by atoms with Crippen LogP contribution in [-0.4, -0.2) is 28.5 Å². The maximum absolute atomic E-state index is 13.4. The minimum Gasteiger partial charge on any atom is -0.353 e. The van der Waals surface area contributed by atoms with E-state index in [1.54, 1.807) is 6.33 Å². The van der Waals surface area contributed by atoms with Crippen LogP contribution in [0.15, 0.2) is 24.5 Å². The molecule has 1 aliphatic rings. The first-order valence-corrected chi connectivity index (χ1v) is 10.4. The summed E-state index contributed by atoms with van der Waals surface area (Å²) in [7, 11) is 0. The summed E-state index contributed by atoms with van der Waals surface area (Å²) in [5.41, 5.74) is 1.31. The summed E-state index contributed by atoms with van der Waals surface area (Å²) < 4.78 is 13.4. The Morgan fingerprint density at radius 1 is 1.36 bits per heavy atom. The van der Waals surface area contributed by atoms with Crippen LogP contribution in [0.3, 0.4) is 0 Å². The number of rotatable bonds is 3. The zero-order valence-electron chi connectivity index (χ0n) is 15.6. The molecule has 0 aliphatic carbocycles. The molecule has 8 heteroatoms. The molecule has 0 saturated carbocycles. The lowest BCUT2D eigenvalue weighted by atomic mass is 10.0. The van der Waals surface area contributed by atoms with Crippen molar-refractivity contribution in [3.8, 4) is 0 Å². The van der Waals surface area contributed by atoms with E-state index in [9.17, 15) is 9.18 Å². The molecule has 1 aromatic carbocycles. The fraction of sp³-hybridized carbons (Fsp3) is 0.350. The van der Waals surface area contributed by atoms with Gasteiger partial charge < -0.3 is 10.2 Å². The van der Waals surface area contributed by atoms with Crippen LogP contribution >= 0.6 is 22.9 Å². The van der Waals surface area contributed by atoms with Gasteiger partial charge >= 0.3 is 0 Å². The van der Waals surface area contributed by atoms with Crippen molar-refractivity contribution >= 4 is 50.6 Å².